The molecule has 0 saturated carbocycles. The number of aromatic amines is 2. The van der Waals surface area contributed by atoms with Crippen molar-refractivity contribution in [1.82, 2.24) is 19.9 Å². The second-order valence-electron chi connectivity index (χ2n) is 16.0. The highest BCUT2D eigenvalue weighted by molar-refractivity contribution is 6.00. The summed E-state index contributed by atoms with van der Waals surface area (Å²) in [6.45, 7) is 11.1. The first-order valence-electron chi connectivity index (χ1n) is 22.6. The number of hydrogen-bond acceptors (Lipinski definition) is 6. The van der Waals surface area contributed by atoms with Crippen LogP contribution in [0.1, 0.15) is 76.2 Å². The Morgan fingerprint density at radius 3 is 0.734 bits per heavy atom. The molecule has 0 unspecified atom stereocenters. The first kappa shape index (κ1) is 42.0. The van der Waals surface area contributed by atoms with Crippen molar-refractivity contribution in [2.45, 2.75) is 53.4 Å². The van der Waals surface area contributed by atoms with Crippen LogP contribution in [0.3, 0.4) is 0 Å². The second kappa shape index (κ2) is 19.4. The van der Waals surface area contributed by atoms with Crippen LogP contribution < -0.4 is 18.9 Å². The number of benzene rings is 4. The lowest BCUT2D eigenvalue weighted by Gasteiger charge is -2.09. The molecule has 0 radical (unpaired) electrons. The Morgan fingerprint density at radius 2 is 0.531 bits per heavy atom. The molecule has 2 aliphatic rings. The van der Waals surface area contributed by atoms with Crippen molar-refractivity contribution in [1.29, 1.82) is 0 Å². The van der Waals surface area contributed by atoms with E-state index in [1.807, 2.05) is 48.5 Å². The lowest BCUT2D eigenvalue weighted by Crippen LogP contribution is -1.95. The number of hydrogen-bond donors (Lipinski definition) is 2. The largest absolute Gasteiger partial charge is 0.494 e. The van der Waals surface area contributed by atoms with Gasteiger partial charge in [-0.25, -0.2) is 9.97 Å². The lowest BCUT2D eigenvalue weighted by molar-refractivity contribution is 0.317. The molecule has 8 heteroatoms. The van der Waals surface area contributed by atoms with Gasteiger partial charge in [0.1, 0.15) is 23.0 Å². The minimum absolute atomic E-state index is 0.662. The van der Waals surface area contributed by atoms with Crippen LogP contribution in [0.2, 0.25) is 0 Å². The minimum atomic E-state index is 0.662. The van der Waals surface area contributed by atoms with Crippen molar-refractivity contribution >= 4 is 46.4 Å². The fraction of sp³-hybridized carbons (Fsp3) is 0.214. The Bertz CT molecular complexity index is 2560. The van der Waals surface area contributed by atoms with Gasteiger partial charge in [-0.2, -0.15) is 0 Å². The van der Waals surface area contributed by atoms with Gasteiger partial charge in [0.2, 0.25) is 0 Å². The van der Waals surface area contributed by atoms with Crippen LogP contribution in [-0.4, -0.2) is 46.4 Å². The van der Waals surface area contributed by atoms with E-state index in [0.717, 1.165) is 138 Å². The molecule has 322 valence electrons. The third-order valence-electron chi connectivity index (χ3n) is 11.2. The van der Waals surface area contributed by atoms with Crippen molar-refractivity contribution in [2.24, 2.45) is 0 Å². The molecule has 2 N–H and O–H groups in total. The van der Waals surface area contributed by atoms with Gasteiger partial charge in [-0.1, -0.05) is 76.2 Å². The summed E-state index contributed by atoms with van der Waals surface area (Å²) in [6, 6.07) is 41.9. The molecule has 9 rings (SSSR count). The molecule has 0 spiro atoms. The summed E-state index contributed by atoms with van der Waals surface area (Å²) in [5, 5.41) is 0. The molecule has 3 aromatic heterocycles. The number of H-pyrrole nitrogens is 2. The highest BCUT2D eigenvalue weighted by Gasteiger charge is 2.19. The minimum Gasteiger partial charge on any atom is -0.494 e. The fourth-order valence-electron chi connectivity index (χ4n) is 8.17. The van der Waals surface area contributed by atoms with Crippen LogP contribution in [0, 0.1) is 0 Å². The molecule has 0 atom stereocenters. The van der Waals surface area contributed by atoms with Crippen molar-refractivity contribution in [3.63, 3.8) is 0 Å². The third-order valence-corrected chi connectivity index (χ3v) is 11.2. The van der Waals surface area contributed by atoms with E-state index in [0.29, 0.717) is 26.4 Å². The topological polar surface area (TPSA) is 94.3 Å². The smallest absolute Gasteiger partial charge is 0.119 e. The van der Waals surface area contributed by atoms with Crippen molar-refractivity contribution in [3.8, 4) is 67.5 Å². The molecule has 2 aliphatic heterocycles. The standard InChI is InChI=1S/C56H54N4O4/c1-5-33-61-41-17-9-37(10-18-41)53-45-25-27-47(57-45)54(38-11-19-42(20-12-38)62-34-6-2)49-29-31-51(59-49)56(40-15-23-44(24-16-40)64-36-8-4)52-32-30-50(60-52)55(48-28-26-46(53)58-48)39-13-21-43(22-14-39)63-35-7-3/h9-32,57,60H,5-8,33-36H2,1-4H3. The van der Waals surface area contributed by atoms with Gasteiger partial charge in [-0.3, -0.25) is 0 Å². The summed E-state index contributed by atoms with van der Waals surface area (Å²) in [4.78, 5) is 18.7. The molecule has 0 fully saturated rings. The summed E-state index contributed by atoms with van der Waals surface area (Å²) < 4.78 is 24.0. The summed E-state index contributed by atoms with van der Waals surface area (Å²) in [6.07, 6.45) is 12.2. The predicted molar refractivity (Wildman–Crippen MR) is 264 cm³/mol. The van der Waals surface area contributed by atoms with Gasteiger partial charge in [0.25, 0.3) is 0 Å². The average molecular weight is 847 g/mol. The molecule has 5 heterocycles. The van der Waals surface area contributed by atoms with Crippen molar-refractivity contribution in [2.75, 3.05) is 26.4 Å². The zero-order chi connectivity index (χ0) is 43.8. The van der Waals surface area contributed by atoms with E-state index in [4.69, 9.17) is 28.9 Å². The van der Waals surface area contributed by atoms with Crippen LogP contribution in [0.25, 0.3) is 90.9 Å². The first-order valence-corrected chi connectivity index (χ1v) is 22.6. The highest BCUT2D eigenvalue weighted by atomic mass is 16.5. The Labute approximate surface area is 375 Å². The SMILES string of the molecule is CCCOc1ccc(-c2c3nc(c(-c4ccc(OCCC)cc4)c4ccc([nH]4)c(-c4ccc(OCCC)cc4)c4nc(c(-c5ccc(OCCC)cc5)c5ccc2[nH]5)C=C4)C=C3)cc1. The van der Waals surface area contributed by atoms with Crippen molar-refractivity contribution in [3.05, 3.63) is 144 Å². The van der Waals surface area contributed by atoms with Gasteiger partial charge in [0, 0.05) is 44.3 Å². The normalized spacial score (nSPS) is 11.8. The van der Waals surface area contributed by atoms with Crippen LogP contribution in [0.5, 0.6) is 23.0 Å². The highest BCUT2D eigenvalue weighted by Crippen LogP contribution is 2.39. The predicted octanol–water partition coefficient (Wildman–Crippen LogP) is 14.5. The van der Waals surface area contributed by atoms with Crippen LogP contribution in [0.4, 0.5) is 0 Å². The zero-order valence-electron chi connectivity index (χ0n) is 37.0. The molecule has 0 amide bonds. The summed E-state index contributed by atoms with van der Waals surface area (Å²) in [5.74, 6) is 3.35. The van der Waals surface area contributed by atoms with Crippen LogP contribution in [-0.2, 0) is 0 Å². The van der Waals surface area contributed by atoms with E-state index < -0.39 is 0 Å². The zero-order valence-corrected chi connectivity index (χ0v) is 37.0. The average Bonchev–Trinajstić information content (AvgIpc) is 4.19. The number of fused-ring (bicyclic) bond motifs is 8. The van der Waals surface area contributed by atoms with Gasteiger partial charge in [0.15, 0.2) is 0 Å². The summed E-state index contributed by atoms with van der Waals surface area (Å²) >= 11 is 0. The third kappa shape index (κ3) is 8.95. The van der Waals surface area contributed by atoms with Gasteiger partial charge < -0.3 is 28.9 Å². The number of aromatic nitrogens is 4. The molecular weight excluding hydrogens is 793 g/mol. The van der Waals surface area contributed by atoms with E-state index >= 15 is 0 Å². The number of rotatable bonds is 16. The lowest BCUT2D eigenvalue weighted by atomic mass is 10.0. The van der Waals surface area contributed by atoms with E-state index in [-0.39, 0.29) is 0 Å². The van der Waals surface area contributed by atoms with E-state index in [9.17, 15) is 0 Å². The monoisotopic (exact) mass is 846 g/mol. The number of nitrogens with one attached hydrogen (secondary N) is 2. The molecule has 0 saturated heterocycles. The molecule has 0 aliphatic carbocycles. The van der Waals surface area contributed by atoms with E-state index in [1.54, 1.807) is 0 Å². The van der Waals surface area contributed by atoms with E-state index in [2.05, 4.69) is 135 Å². The first-order chi connectivity index (χ1) is 31.5. The maximum absolute atomic E-state index is 6.01. The van der Waals surface area contributed by atoms with Crippen LogP contribution >= 0.6 is 0 Å². The quantitative estimate of drug-likeness (QED) is 0.101. The molecule has 8 nitrogen and oxygen atoms in total. The molecular formula is C56H54N4O4. The summed E-state index contributed by atoms with van der Waals surface area (Å²) in [5.41, 5.74) is 15.1. The van der Waals surface area contributed by atoms with Crippen LogP contribution in [0.15, 0.2) is 121 Å². The fourth-order valence-corrected chi connectivity index (χ4v) is 8.17. The Morgan fingerprint density at radius 1 is 0.312 bits per heavy atom. The van der Waals surface area contributed by atoms with Gasteiger partial charge >= 0.3 is 0 Å². The number of nitrogens with zero attached hydrogens (tertiary/aromatic N) is 2. The maximum atomic E-state index is 6.01. The van der Waals surface area contributed by atoms with Gasteiger partial charge in [-0.15, -0.1) is 0 Å². The second-order valence-corrected chi connectivity index (χ2v) is 16.0. The Balaban J connectivity index is 1.36. The molecule has 4 aromatic carbocycles. The van der Waals surface area contributed by atoms with Gasteiger partial charge in [0.05, 0.1) is 49.2 Å². The Hall–Kier alpha value is -7.32. The van der Waals surface area contributed by atoms with E-state index in [1.165, 1.54) is 0 Å². The molecule has 64 heavy (non-hydrogen) atoms. The molecule has 7 aromatic rings. The summed E-state index contributed by atoms with van der Waals surface area (Å²) in [7, 11) is 0. The Kier molecular flexibility index (Phi) is 12.7. The maximum Gasteiger partial charge on any atom is 0.119 e. The van der Waals surface area contributed by atoms with Crippen molar-refractivity contribution < 1.29 is 18.9 Å². The van der Waals surface area contributed by atoms with Gasteiger partial charge in [-0.05, 0) is 145 Å². The number of ether oxygens (including phenoxy) is 4. The molecule has 8 bridgehead atoms.